The highest BCUT2D eigenvalue weighted by Gasteiger charge is 2.22. The summed E-state index contributed by atoms with van der Waals surface area (Å²) in [6.45, 7) is 3.93. The summed E-state index contributed by atoms with van der Waals surface area (Å²) in [5, 5.41) is 0. The molecular formula is C17H19NO4. The average molecular weight is 301 g/mol. The third-order valence-corrected chi connectivity index (χ3v) is 3.55. The van der Waals surface area contributed by atoms with Crippen molar-refractivity contribution in [2.45, 2.75) is 20.4 Å². The molecule has 0 N–H and O–H groups in total. The zero-order chi connectivity index (χ0) is 16.1. The maximum absolute atomic E-state index is 12.7. The van der Waals surface area contributed by atoms with Crippen LogP contribution in [0.2, 0.25) is 0 Å². The fourth-order valence-corrected chi connectivity index (χ4v) is 2.19. The van der Waals surface area contributed by atoms with E-state index in [0.29, 0.717) is 17.9 Å². The number of rotatable bonds is 5. The Morgan fingerprint density at radius 3 is 2.50 bits per heavy atom. The number of nitrogens with zero attached hydrogens (tertiary/aromatic N) is 1. The third-order valence-electron chi connectivity index (χ3n) is 3.55. The van der Waals surface area contributed by atoms with Crippen LogP contribution in [0, 0.1) is 13.8 Å². The maximum Gasteiger partial charge on any atom is 0.325 e. The topological polar surface area (TPSA) is 59.8 Å². The third kappa shape index (κ3) is 3.55. The molecule has 0 aliphatic carbocycles. The first kappa shape index (κ1) is 15.8. The molecule has 1 aromatic carbocycles. The van der Waals surface area contributed by atoms with Crippen molar-refractivity contribution in [2.24, 2.45) is 0 Å². The fourth-order valence-electron chi connectivity index (χ4n) is 2.19. The molecular weight excluding hydrogens is 282 g/mol. The van der Waals surface area contributed by atoms with Crippen molar-refractivity contribution < 1.29 is 18.7 Å². The number of carbonyl (C=O) groups excluding carboxylic acids is 2. The van der Waals surface area contributed by atoms with Crippen LogP contribution in [0.1, 0.15) is 27.2 Å². The van der Waals surface area contributed by atoms with E-state index in [1.165, 1.54) is 18.3 Å². The van der Waals surface area contributed by atoms with Crippen LogP contribution < -0.4 is 0 Å². The summed E-state index contributed by atoms with van der Waals surface area (Å²) in [5.41, 5.74) is 2.51. The lowest BCUT2D eigenvalue weighted by Gasteiger charge is -2.22. The summed E-state index contributed by atoms with van der Waals surface area (Å²) < 4.78 is 9.87. The van der Waals surface area contributed by atoms with Gasteiger partial charge in [-0.1, -0.05) is 24.3 Å². The van der Waals surface area contributed by atoms with Crippen LogP contribution in [0.3, 0.4) is 0 Å². The SMILES string of the molecule is COC(=O)CN(Cc1ccccc1C)C(=O)c1ccoc1C. The van der Waals surface area contributed by atoms with Gasteiger partial charge in [0.15, 0.2) is 0 Å². The maximum atomic E-state index is 12.7. The van der Waals surface area contributed by atoms with Gasteiger partial charge < -0.3 is 14.1 Å². The van der Waals surface area contributed by atoms with Gasteiger partial charge in [-0.3, -0.25) is 9.59 Å². The molecule has 1 aromatic heterocycles. The second-order valence-corrected chi connectivity index (χ2v) is 5.05. The van der Waals surface area contributed by atoms with E-state index in [1.54, 1.807) is 13.0 Å². The number of hydrogen-bond acceptors (Lipinski definition) is 4. The summed E-state index contributed by atoms with van der Waals surface area (Å²) in [6, 6.07) is 9.37. The van der Waals surface area contributed by atoms with Crippen molar-refractivity contribution >= 4 is 11.9 Å². The van der Waals surface area contributed by atoms with Gasteiger partial charge in [-0.05, 0) is 31.0 Å². The zero-order valence-electron chi connectivity index (χ0n) is 13.0. The molecule has 0 fully saturated rings. The summed E-state index contributed by atoms with van der Waals surface area (Å²) in [7, 11) is 1.31. The Hall–Kier alpha value is -2.56. The Labute approximate surface area is 129 Å². The van der Waals surface area contributed by atoms with E-state index in [-0.39, 0.29) is 12.5 Å². The van der Waals surface area contributed by atoms with Gasteiger partial charge in [0.1, 0.15) is 12.3 Å². The molecule has 0 spiro atoms. The summed E-state index contributed by atoms with van der Waals surface area (Å²) >= 11 is 0. The van der Waals surface area contributed by atoms with Gasteiger partial charge in [0, 0.05) is 6.54 Å². The molecule has 0 aliphatic rings. The minimum absolute atomic E-state index is 0.103. The second-order valence-electron chi connectivity index (χ2n) is 5.05. The van der Waals surface area contributed by atoms with Gasteiger partial charge in [-0.2, -0.15) is 0 Å². The Morgan fingerprint density at radius 2 is 1.91 bits per heavy atom. The van der Waals surface area contributed by atoms with E-state index in [4.69, 9.17) is 9.15 Å². The van der Waals surface area contributed by atoms with Gasteiger partial charge in [0.2, 0.25) is 0 Å². The minimum Gasteiger partial charge on any atom is -0.469 e. The van der Waals surface area contributed by atoms with E-state index in [0.717, 1.165) is 11.1 Å². The van der Waals surface area contributed by atoms with Crippen molar-refractivity contribution in [1.29, 1.82) is 0 Å². The molecule has 116 valence electrons. The standard InChI is InChI=1S/C17H19NO4/c1-12-6-4-5-7-14(12)10-18(11-16(19)21-3)17(20)15-8-9-22-13(15)2/h4-9H,10-11H2,1-3H3. The van der Waals surface area contributed by atoms with Crippen LogP contribution in [0.15, 0.2) is 41.0 Å². The molecule has 0 saturated carbocycles. The molecule has 1 amide bonds. The summed E-state index contributed by atoms with van der Waals surface area (Å²) in [6.07, 6.45) is 1.46. The molecule has 0 aliphatic heterocycles. The van der Waals surface area contributed by atoms with E-state index in [2.05, 4.69) is 0 Å². The Morgan fingerprint density at radius 1 is 1.18 bits per heavy atom. The Balaban J connectivity index is 2.27. The van der Waals surface area contributed by atoms with Crippen LogP contribution in [-0.4, -0.2) is 30.4 Å². The molecule has 22 heavy (non-hydrogen) atoms. The molecule has 2 aromatic rings. The number of ether oxygens (including phenoxy) is 1. The highest BCUT2D eigenvalue weighted by atomic mass is 16.5. The van der Waals surface area contributed by atoms with E-state index >= 15 is 0 Å². The van der Waals surface area contributed by atoms with Crippen LogP contribution in [-0.2, 0) is 16.1 Å². The molecule has 1 heterocycles. The zero-order valence-corrected chi connectivity index (χ0v) is 13.0. The van der Waals surface area contributed by atoms with Gasteiger partial charge in [0.25, 0.3) is 5.91 Å². The number of methoxy groups -OCH3 is 1. The normalized spacial score (nSPS) is 10.3. The molecule has 0 unspecified atom stereocenters. The van der Waals surface area contributed by atoms with Crippen molar-refractivity contribution in [3.8, 4) is 0 Å². The Bertz CT molecular complexity index is 675. The lowest BCUT2D eigenvalue weighted by molar-refractivity contribution is -0.141. The molecule has 0 bridgehead atoms. The predicted octanol–water partition coefficient (Wildman–Crippen LogP) is 2.71. The van der Waals surface area contributed by atoms with Crippen LogP contribution in [0.25, 0.3) is 0 Å². The first-order valence-electron chi connectivity index (χ1n) is 6.97. The lowest BCUT2D eigenvalue weighted by Crippen LogP contribution is -2.36. The molecule has 0 saturated heterocycles. The van der Waals surface area contributed by atoms with Crippen LogP contribution in [0.4, 0.5) is 0 Å². The number of hydrogen-bond donors (Lipinski definition) is 0. The van der Waals surface area contributed by atoms with E-state index in [9.17, 15) is 9.59 Å². The highest BCUT2D eigenvalue weighted by Crippen LogP contribution is 2.16. The number of amides is 1. The molecule has 0 atom stereocenters. The Kier molecular flexibility index (Phi) is 4.99. The highest BCUT2D eigenvalue weighted by molar-refractivity contribution is 5.96. The van der Waals surface area contributed by atoms with Crippen LogP contribution in [0.5, 0.6) is 0 Å². The largest absolute Gasteiger partial charge is 0.469 e. The van der Waals surface area contributed by atoms with Crippen molar-refractivity contribution in [3.05, 3.63) is 59.0 Å². The lowest BCUT2D eigenvalue weighted by atomic mass is 10.1. The molecule has 5 nitrogen and oxygen atoms in total. The van der Waals surface area contributed by atoms with Gasteiger partial charge in [-0.25, -0.2) is 0 Å². The van der Waals surface area contributed by atoms with Crippen molar-refractivity contribution in [2.75, 3.05) is 13.7 Å². The number of aryl methyl sites for hydroxylation is 2. The second kappa shape index (κ2) is 6.93. The quantitative estimate of drug-likeness (QED) is 0.797. The summed E-state index contributed by atoms with van der Waals surface area (Å²) in [4.78, 5) is 25.7. The van der Waals surface area contributed by atoms with Gasteiger partial charge in [0.05, 0.1) is 18.9 Å². The van der Waals surface area contributed by atoms with E-state index in [1.807, 2.05) is 31.2 Å². The molecule has 2 rings (SSSR count). The fraction of sp³-hybridized carbons (Fsp3) is 0.294. The first-order chi connectivity index (χ1) is 10.5. The first-order valence-corrected chi connectivity index (χ1v) is 6.97. The van der Waals surface area contributed by atoms with E-state index < -0.39 is 5.97 Å². The number of furan rings is 1. The molecule has 5 heteroatoms. The minimum atomic E-state index is -0.455. The molecule has 0 radical (unpaired) electrons. The number of esters is 1. The van der Waals surface area contributed by atoms with Gasteiger partial charge in [-0.15, -0.1) is 0 Å². The van der Waals surface area contributed by atoms with Crippen molar-refractivity contribution in [1.82, 2.24) is 4.90 Å². The number of carbonyl (C=O) groups is 2. The number of benzene rings is 1. The monoisotopic (exact) mass is 301 g/mol. The predicted molar refractivity (Wildman–Crippen MR) is 81.4 cm³/mol. The van der Waals surface area contributed by atoms with Crippen molar-refractivity contribution in [3.63, 3.8) is 0 Å². The smallest absolute Gasteiger partial charge is 0.325 e. The average Bonchev–Trinajstić information content (AvgIpc) is 2.94. The van der Waals surface area contributed by atoms with Gasteiger partial charge >= 0.3 is 5.97 Å². The van der Waals surface area contributed by atoms with Crippen LogP contribution >= 0.6 is 0 Å². The summed E-state index contributed by atoms with van der Waals surface area (Å²) in [5.74, 6) is -0.173.